The van der Waals surface area contributed by atoms with Gasteiger partial charge in [-0.1, -0.05) is 17.7 Å². The number of nitriles is 1. The first-order valence-electron chi connectivity index (χ1n) is 5.92. The molecular weight excluding hydrogens is 196 g/mol. The molecule has 1 aliphatic carbocycles. The molecule has 0 unspecified atom stereocenters. The molecule has 82 valence electrons. The number of aromatic nitrogens is 1. The predicted molar refractivity (Wildman–Crippen MR) is 63.8 cm³/mol. The molecule has 2 nitrogen and oxygen atoms in total. The Kier molecular flexibility index (Phi) is 3.71. The highest BCUT2D eigenvalue weighted by Gasteiger charge is 2.04. The number of pyridine rings is 1. The largest absolute Gasteiger partial charge is 0.242 e. The summed E-state index contributed by atoms with van der Waals surface area (Å²) in [4.78, 5) is 4.29. The van der Waals surface area contributed by atoms with Gasteiger partial charge in [-0.25, -0.2) is 4.98 Å². The van der Waals surface area contributed by atoms with Gasteiger partial charge in [0.1, 0.15) is 11.8 Å². The Morgan fingerprint density at radius 2 is 2.19 bits per heavy atom. The maximum absolute atomic E-state index is 8.76. The van der Waals surface area contributed by atoms with Crippen LogP contribution in [0.2, 0.25) is 0 Å². The number of aryl methyl sites for hydroxylation is 1. The van der Waals surface area contributed by atoms with Gasteiger partial charge in [-0.3, -0.25) is 0 Å². The fourth-order valence-electron chi connectivity index (χ4n) is 2.10. The maximum atomic E-state index is 8.76. The van der Waals surface area contributed by atoms with Crippen LogP contribution in [0.5, 0.6) is 0 Å². The van der Waals surface area contributed by atoms with Gasteiger partial charge in [-0.15, -0.1) is 0 Å². The molecule has 1 aliphatic rings. The summed E-state index contributed by atoms with van der Waals surface area (Å²) in [7, 11) is 0. The molecule has 0 atom stereocenters. The van der Waals surface area contributed by atoms with Gasteiger partial charge in [0.15, 0.2) is 0 Å². The molecular formula is C14H16N2. The molecule has 16 heavy (non-hydrogen) atoms. The van der Waals surface area contributed by atoms with Crippen LogP contribution in [0.15, 0.2) is 29.8 Å². The lowest BCUT2D eigenvalue weighted by molar-refractivity contribution is 0.671. The monoisotopic (exact) mass is 212 g/mol. The molecule has 0 aliphatic heterocycles. The molecule has 1 heterocycles. The third-order valence-corrected chi connectivity index (χ3v) is 3.01. The van der Waals surface area contributed by atoms with E-state index in [2.05, 4.69) is 17.1 Å². The van der Waals surface area contributed by atoms with E-state index in [9.17, 15) is 0 Å². The zero-order valence-corrected chi connectivity index (χ0v) is 9.45. The minimum Gasteiger partial charge on any atom is -0.242 e. The second kappa shape index (κ2) is 5.46. The summed E-state index contributed by atoms with van der Waals surface area (Å²) in [5.41, 5.74) is 3.12. The van der Waals surface area contributed by atoms with Gasteiger partial charge in [0.05, 0.1) is 0 Å². The van der Waals surface area contributed by atoms with Crippen LogP contribution < -0.4 is 0 Å². The second-order valence-corrected chi connectivity index (χ2v) is 4.23. The van der Waals surface area contributed by atoms with E-state index in [1.807, 2.05) is 12.1 Å². The van der Waals surface area contributed by atoms with Crippen LogP contribution >= 0.6 is 0 Å². The molecule has 0 bridgehead atoms. The number of rotatable bonds is 3. The van der Waals surface area contributed by atoms with E-state index in [0.717, 1.165) is 18.5 Å². The third-order valence-electron chi connectivity index (χ3n) is 3.01. The zero-order chi connectivity index (χ0) is 11.2. The van der Waals surface area contributed by atoms with Gasteiger partial charge in [-0.05, 0) is 50.7 Å². The van der Waals surface area contributed by atoms with Gasteiger partial charge in [0, 0.05) is 5.69 Å². The highest BCUT2D eigenvalue weighted by Crippen LogP contribution is 2.21. The normalized spacial score (nSPS) is 15.3. The van der Waals surface area contributed by atoms with Crippen LogP contribution in [0, 0.1) is 11.3 Å². The lowest BCUT2D eigenvalue weighted by Crippen LogP contribution is -1.97. The fourth-order valence-corrected chi connectivity index (χ4v) is 2.10. The molecule has 1 aromatic rings. The molecule has 2 rings (SSSR count). The lowest BCUT2D eigenvalue weighted by Gasteiger charge is -2.12. The lowest BCUT2D eigenvalue weighted by atomic mass is 9.95. The summed E-state index contributed by atoms with van der Waals surface area (Å²) in [6.07, 6.45) is 9.59. The topological polar surface area (TPSA) is 36.7 Å². The van der Waals surface area contributed by atoms with Crippen molar-refractivity contribution >= 4 is 0 Å². The fraction of sp³-hybridized carbons (Fsp3) is 0.429. The van der Waals surface area contributed by atoms with E-state index in [1.165, 1.54) is 25.7 Å². The van der Waals surface area contributed by atoms with Crippen LogP contribution in [0.3, 0.4) is 0 Å². The minimum atomic E-state index is 0.523. The Morgan fingerprint density at radius 1 is 1.25 bits per heavy atom. The van der Waals surface area contributed by atoms with Crippen molar-refractivity contribution < 1.29 is 0 Å². The molecule has 0 radical (unpaired) electrons. The number of allylic oxidation sites excluding steroid dienone is 2. The number of hydrogen-bond acceptors (Lipinski definition) is 2. The van der Waals surface area contributed by atoms with E-state index in [-0.39, 0.29) is 0 Å². The highest BCUT2D eigenvalue weighted by atomic mass is 14.7. The molecule has 0 saturated carbocycles. The Labute approximate surface area is 96.6 Å². The molecule has 0 N–H and O–H groups in total. The average Bonchev–Trinajstić information content (AvgIpc) is 2.38. The van der Waals surface area contributed by atoms with E-state index >= 15 is 0 Å². The van der Waals surface area contributed by atoms with E-state index in [1.54, 1.807) is 11.6 Å². The average molecular weight is 212 g/mol. The second-order valence-electron chi connectivity index (χ2n) is 4.23. The minimum absolute atomic E-state index is 0.523. The van der Waals surface area contributed by atoms with Crippen LogP contribution in [0.25, 0.3) is 0 Å². The van der Waals surface area contributed by atoms with Gasteiger partial charge < -0.3 is 0 Å². The van der Waals surface area contributed by atoms with Crippen molar-refractivity contribution in [2.75, 3.05) is 0 Å². The van der Waals surface area contributed by atoms with Crippen molar-refractivity contribution in [2.45, 2.75) is 38.5 Å². The summed E-state index contributed by atoms with van der Waals surface area (Å²) in [6.45, 7) is 0. The molecule has 1 aromatic heterocycles. The molecule has 0 fully saturated rings. The van der Waals surface area contributed by atoms with Crippen molar-refractivity contribution in [3.63, 3.8) is 0 Å². The maximum Gasteiger partial charge on any atom is 0.140 e. The van der Waals surface area contributed by atoms with Gasteiger partial charge in [-0.2, -0.15) is 5.26 Å². The van der Waals surface area contributed by atoms with Crippen LogP contribution in [-0.4, -0.2) is 4.98 Å². The first-order valence-corrected chi connectivity index (χ1v) is 5.92. The summed E-state index contributed by atoms with van der Waals surface area (Å²) in [5, 5.41) is 8.76. The smallest absolute Gasteiger partial charge is 0.140 e. The van der Waals surface area contributed by atoms with Crippen molar-refractivity contribution in [1.82, 2.24) is 4.98 Å². The van der Waals surface area contributed by atoms with Crippen LogP contribution in [0.1, 0.15) is 43.5 Å². The van der Waals surface area contributed by atoms with E-state index in [4.69, 9.17) is 5.26 Å². The highest BCUT2D eigenvalue weighted by molar-refractivity contribution is 5.22. The third kappa shape index (κ3) is 2.93. The van der Waals surface area contributed by atoms with E-state index in [0.29, 0.717) is 5.69 Å². The van der Waals surface area contributed by atoms with Crippen LogP contribution in [0.4, 0.5) is 0 Å². The SMILES string of the molecule is N#Cc1cccc(CCC2=CCCCC2)n1. The quantitative estimate of drug-likeness (QED) is 0.720. The molecule has 0 spiro atoms. The molecule has 0 saturated heterocycles. The Morgan fingerprint density at radius 3 is 2.94 bits per heavy atom. The van der Waals surface area contributed by atoms with Gasteiger partial charge >= 0.3 is 0 Å². The summed E-state index contributed by atoms with van der Waals surface area (Å²) in [5.74, 6) is 0. The van der Waals surface area contributed by atoms with E-state index < -0.39 is 0 Å². The first kappa shape index (κ1) is 10.9. The summed E-state index contributed by atoms with van der Waals surface area (Å²) >= 11 is 0. The molecule has 2 heteroatoms. The molecule has 0 amide bonds. The predicted octanol–water partition coefficient (Wildman–Crippen LogP) is 3.39. The van der Waals surface area contributed by atoms with Gasteiger partial charge in [0.2, 0.25) is 0 Å². The Balaban J connectivity index is 1.94. The zero-order valence-electron chi connectivity index (χ0n) is 9.45. The standard InChI is InChI=1S/C14H16N2/c15-11-14-8-4-7-13(16-14)10-9-12-5-2-1-3-6-12/h4-5,7-8H,1-3,6,9-10H2. The first-order chi connectivity index (χ1) is 7.88. The molecule has 0 aromatic carbocycles. The van der Waals surface area contributed by atoms with Gasteiger partial charge in [0.25, 0.3) is 0 Å². The van der Waals surface area contributed by atoms with Crippen molar-refractivity contribution in [3.8, 4) is 6.07 Å². The number of nitrogens with zero attached hydrogens (tertiary/aromatic N) is 2. The van der Waals surface area contributed by atoms with Crippen molar-refractivity contribution in [3.05, 3.63) is 41.2 Å². The number of hydrogen-bond donors (Lipinski definition) is 0. The van der Waals surface area contributed by atoms with Crippen molar-refractivity contribution in [1.29, 1.82) is 5.26 Å². The Hall–Kier alpha value is -1.62. The summed E-state index contributed by atoms with van der Waals surface area (Å²) < 4.78 is 0. The van der Waals surface area contributed by atoms with Crippen LogP contribution in [-0.2, 0) is 6.42 Å². The summed E-state index contributed by atoms with van der Waals surface area (Å²) in [6, 6.07) is 7.75. The Bertz CT molecular complexity index is 427. The van der Waals surface area contributed by atoms with Crippen molar-refractivity contribution in [2.24, 2.45) is 0 Å².